The number of ether oxygens (including phenoxy) is 2. The molecule has 25 heavy (non-hydrogen) atoms. The summed E-state index contributed by atoms with van der Waals surface area (Å²) in [6.07, 6.45) is 0.278. The molecule has 0 saturated carbocycles. The van der Waals surface area contributed by atoms with Gasteiger partial charge in [-0.1, -0.05) is 26.0 Å². The van der Waals surface area contributed by atoms with E-state index in [1.807, 2.05) is 0 Å². The van der Waals surface area contributed by atoms with E-state index in [9.17, 15) is 14.4 Å². The molecule has 6 heteroatoms. The van der Waals surface area contributed by atoms with E-state index in [4.69, 9.17) is 9.47 Å². The number of hydrogen-bond acceptors (Lipinski definition) is 5. The van der Waals surface area contributed by atoms with Crippen molar-refractivity contribution >= 4 is 17.8 Å². The van der Waals surface area contributed by atoms with Gasteiger partial charge in [0.2, 0.25) is 5.91 Å². The quantitative estimate of drug-likeness (QED) is 0.798. The maximum Gasteiger partial charge on any atom is 0.338 e. The summed E-state index contributed by atoms with van der Waals surface area (Å²) in [5.74, 6) is -1.37. The molecule has 1 atom stereocenters. The third-order valence-corrected chi connectivity index (χ3v) is 3.35. The number of carbonyl (C=O) groups excluding carboxylic acids is 3. The van der Waals surface area contributed by atoms with Crippen molar-refractivity contribution in [3.05, 3.63) is 35.4 Å². The highest BCUT2D eigenvalue weighted by molar-refractivity contribution is 5.89. The summed E-state index contributed by atoms with van der Waals surface area (Å²) in [5.41, 5.74) is 0.665. The molecule has 0 aliphatic carbocycles. The molecule has 0 aliphatic heterocycles. The average Bonchev–Trinajstić information content (AvgIpc) is 2.52. The molecule has 0 radical (unpaired) electrons. The fourth-order valence-electron chi connectivity index (χ4n) is 2.02. The highest BCUT2D eigenvalue weighted by Gasteiger charge is 2.23. The van der Waals surface area contributed by atoms with E-state index < -0.39 is 23.6 Å². The van der Waals surface area contributed by atoms with Gasteiger partial charge in [-0.15, -0.1) is 0 Å². The molecule has 138 valence electrons. The molecule has 0 unspecified atom stereocenters. The summed E-state index contributed by atoms with van der Waals surface area (Å²) < 4.78 is 10.1. The largest absolute Gasteiger partial charge is 0.467 e. The number of amides is 1. The minimum absolute atomic E-state index is 0.222. The van der Waals surface area contributed by atoms with Gasteiger partial charge in [0, 0.05) is 12.3 Å². The molecule has 0 aromatic heterocycles. The second kappa shape index (κ2) is 8.65. The van der Waals surface area contributed by atoms with Crippen LogP contribution in [0.25, 0.3) is 0 Å². The van der Waals surface area contributed by atoms with Crippen molar-refractivity contribution in [3.8, 4) is 0 Å². The van der Waals surface area contributed by atoms with Crippen molar-refractivity contribution in [1.82, 2.24) is 5.32 Å². The first-order chi connectivity index (χ1) is 11.5. The van der Waals surface area contributed by atoms with E-state index in [0.29, 0.717) is 5.56 Å². The number of hydrogen-bond donors (Lipinski definition) is 1. The summed E-state index contributed by atoms with van der Waals surface area (Å²) in [4.78, 5) is 35.8. The maximum absolute atomic E-state index is 12.0. The minimum atomic E-state index is -0.771. The van der Waals surface area contributed by atoms with E-state index in [0.717, 1.165) is 5.56 Å². The van der Waals surface area contributed by atoms with Gasteiger partial charge in [0.25, 0.3) is 0 Å². The molecule has 1 aromatic rings. The molecule has 1 amide bonds. The van der Waals surface area contributed by atoms with Crippen LogP contribution < -0.4 is 5.32 Å². The molecule has 0 heterocycles. The van der Waals surface area contributed by atoms with Crippen LogP contribution in [0.2, 0.25) is 0 Å². The highest BCUT2D eigenvalue weighted by Crippen LogP contribution is 2.14. The zero-order valence-corrected chi connectivity index (χ0v) is 15.7. The topological polar surface area (TPSA) is 81.7 Å². The number of nitrogens with one attached hydrogen (secondary N) is 1. The van der Waals surface area contributed by atoms with Crippen molar-refractivity contribution in [1.29, 1.82) is 0 Å². The molecule has 1 rings (SSSR count). The van der Waals surface area contributed by atoms with Crippen molar-refractivity contribution < 1.29 is 23.9 Å². The fraction of sp³-hybridized carbons (Fsp3) is 0.526. The van der Waals surface area contributed by atoms with E-state index in [1.165, 1.54) is 7.11 Å². The number of rotatable bonds is 6. The van der Waals surface area contributed by atoms with Gasteiger partial charge in [0.15, 0.2) is 0 Å². The zero-order chi connectivity index (χ0) is 19.2. The minimum Gasteiger partial charge on any atom is -0.467 e. The van der Waals surface area contributed by atoms with Crippen molar-refractivity contribution in [2.45, 2.75) is 52.7 Å². The number of esters is 2. The second-order valence-corrected chi connectivity index (χ2v) is 7.14. The van der Waals surface area contributed by atoms with Crippen LogP contribution in [0.4, 0.5) is 0 Å². The summed E-state index contributed by atoms with van der Waals surface area (Å²) >= 11 is 0. The monoisotopic (exact) mass is 349 g/mol. The Morgan fingerprint density at radius 2 is 1.64 bits per heavy atom. The first-order valence-corrected chi connectivity index (χ1v) is 8.24. The van der Waals surface area contributed by atoms with Crippen LogP contribution in [0, 0.1) is 5.92 Å². The number of benzene rings is 1. The van der Waals surface area contributed by atoms with Gasteiger partial charge in [-0.3, -0.25) is 4.79 Å². The van der Waals surface area contributed by atoms with E-state index in [2.05, 4.69) is 5.32 Å². The van der Waals surface area contributed by atoms with Gasteiger partial charge in [0.05, 0.1) is 12.7 Å². The molecule has 0 aliphatic rings. The maximum atomic E-state index is 12.0. The van der Waals surface area contributed by atoms with Crippen LogP contribution in [0.1, 0.15) is 50.5 Å². The van der Waals surface area contributed by atoms with Crippen LogP contribution in [-0.4, -0.2) is 36.6 Å². The molecule has 0 spiro atoms. The van der Waals surface area contributed by atoms with Gasteiger partial charge in [-0.2, -0.15) is 0 Å². The summed E-state index contributed by atoms with van der Waals surface area (Å²) in [5, 5.41) is 2.68. The highest BCUT2D eigenvalue weighted by atomic mass is 16.6. The third-order valence-electron chi connectivity index (χ3n) is 3.35. The molecule has 0 fully saturated rings. The van der Waals surface area contributed by atoms with E-state index in [-0.39, 0.29) is 18.2 Å². The predicted molar refractivity (Wildman–Crippen MR) is 94.1 cm³/mol. The predicted octanol–water partition coefficient (Wildman–Crippen LogP) is 2.50. The lowest BCUT2D eigenvalue weighted by Gasteiger charge is -2.20. The Morgan fingerprint density at radius 1 is 1.08 bits per heavy atom. The van der Waals surface area contributed by atoms with Gasteiger partial charge >= 0.3 is 11.9 Å². The van der Waals surface area contributed by atoms with Gasteiger partial charge in [-0.25, -0.2) is 9.59 Å². The second-order valence-electron chi connectivity index (χ2n) is 7.14. The molecule has 6 nitrogen and oxygen atoms in total. The Morgan fingerprint density at radius 3 is 2.08 bits per heavy atom. The first-order valence-electron chi connectivity index (χ1n) is 8.24. The SMILES string of the molecule is COC(=O)[C@@H](Cc1ccc(C(=O)OC(C)(C)C)cc1)NC(=O)C(C)C. The molecular formula is C19H27NO5. The standard InChI is InChI=1S/C19H27NO5/c1-12(2)16(21)20-15(18(23)24-6)11-13-7-9-14(10-8-13)17(22)25-19(3,4)5/h7-10,12,15H,11H2,1-6H3,(H,20,21)/t15-/m1/s1. The fourth-order valence-corrected chi connectivity index (χ4v) is 2.02. The lowest BCUT2D eigenvalue weighted by atomic mass is 10.0. The smallest absolute Gasteiger partial charge is 0.338 e. The Bertz CT molecular complexity index is 614. The average molecular weight is 349 g/mol. The molecular weight excluding hydrogens is 322 g/mol. The molecule has 0 bridgehead atoms. The Balaban J connectivity index is 2.83. The summed E-state index contributed by atoms with van der Waals surface area (Å²) in [6.45, 7) is 8.91. The van der Waals surface area contributed by atoms with Crippen LogP contribution >= 0.6 is 0 Å². The van der Waals surface area contributed by atoms with Gasteiger partial charge in [-0.05, 0) is 38.5 Å². The van der Waals surface area contributed by atoms with E-state index in [1.54, 1.807) is 58.9 Å². The van der Waals surface area contributed by atoms with Gasteiger partial charge < -0.3 is 14.8 Å². The Hall–Kier alpha value is -2.37. The number of methoxy groups -OCH3 is 1. The first kappa shape index (κ1) is 20.7. The lowest BCUT2D eigenvalue weighted by molar-refractivity contribution is -0.145. The molecule has 0 saturated heterocycles. The van der Waals surface area contributed by atoms with Crippen LogP contribution in [-0.2, 0) is 25.5 Å². The number of carbonyl (C=O) groups is 3. The van der Waals surface area contributed by atoms with Crippen molar-refractivity contribution in [3.63, 3.8) is 0 Å². The zero-order valence-electron chi connectivity index (χ0n) is 15.7. The van der Waals surface area contributed by atoms with E-state index >= 15 is 0 Å². The Labute approximate surface area is 148 Å². The van der Waals surface area contributed by atoms with Gasteiger partial charge in [0.1, 0.15) is 11.6 Å². The Kier molecular flexibility index (Phi) is 7.15. The molecule has 1 N–H and O–H groups in total. The normalized spacial score (nSPS) is 12.4. The summed E-state index contributed by atoms with van der Waals surface area (Å²) in [7, 11) is 1.28. The van der Waals surface area contributed by atoms with Crippen molar-refractivity contribution in [2.75, 3.05) is 7.11 Å². The van der Waals surface area contributed by atoms with Crippen LogP contribution in [0.5, 0.6) is 0 Å². The van der Waals surface area contributed by atoms with Crippen molar-refractivity contribution in [2.24, 2.45) is 5.92 Å². The van der Waals surface area contributed by atoms with Crippen LogP contribution in [0.15, 0.2) is 24.3 Å². The summed E-state index contributed by atoms with van der Waals surface area (Å²) in [6, 6.07) is 5.98. The lowest BCUT2D eigenvalue weighted by Crippen LogP contribution is -2.44. The molecule has 1 aromatic carbocycles. The van der Waals surface area contributed by atoms with Crippen LogP contribution in [0.3, 0.4) is 0 Å². The third kappa shape index (κ3) is 6.95.